The first-order valence-electron chi connectivity index (χ1n) is 7.52. The van der Waals surface area contributed by atoms with Crippen molar-refractivity contribution in [3.63, 3.8) is 0 Å². The van der Waals surface area contributed by atoms with Gasteiger partial charge in [0, 0.05) is 30.6 Å². The third-order valence-corrected chi connectivity index (χ3v) is 3.96. The van der Waals surface area contributed by atoms with E-state index in [1.807, 2.05) is 19.2 Å². The molecule has 0 saturated carbocycles. The van der Waals surface area contributed by atoms with E-state index in [4.69, 9.17) is 4.42 Å². The molecule has 0 aliphatic rings. The van der Waals surface area contributed by atoms with Gasteiger partial charge in [-0.15, -0.1) is 0 Å². The van der Waals surface area contributed by atoms with Crippen LogP contribution < -0.4 is 5.63 Å². The lowest BCUT2D eigenvalue weighted by molar-refractivity contribution is 0.318. The summed E-state index contributed by atoms with van der Waals surface area (Å²) in [6, 6.07) is 14.7. The molecule has 0 atom stereocenters. The van der Waals surface area contributed by atoms with Crippen LogP contribution in [-0.4, -0.2) is 17.1 Å². The fourth-order valence-electron chi connectivity index (χ4n) is 2.77. The van der Waals surface area contributed by atoms with Gasteiger partial charge in [0.05, 0.1) is 0 Å². The van der Waals surface area contributed by atoms with Crippen LogP contribution in [0.25, 0.3) is 11.0 Å². The number of hydrogen-bond donors (Lipinski definition) is 1. The van der Waals surface area contributed by atoms with Crippen molar-refractivity contribution in [2.24, 2.45) is 0 Å². The first kappa shape index (κ1) is 15.3. The SMILES string of the molecule is Cc1ccccc1CN(C)Cc1cc(=O)oc2cc(O)ccc12. The minimum absolute atomic E-state index is 0.0889. The highest BCUT2D eigenvalue weighted by molar-refractivity contribution is 5.81. The van der Waals surface area contributed by atoms with Crippen molar-refractivity contribution in [2.75, 3.05) is 7.05 Å². The number of hydrogen-bond acceptors (Lipinski definition) is 4. The fraction of sp³-hybridized carbons (Fsp3) is 0.211. The van der Waals surface area contributed by atoms with E-state index in [-0.39, 0.29) is 5.75 Å². The average Bonchev–Trinajstić information content (AvgIpc) is 2.49. The molecular formula is C19H19NO3. The largest absolute Gasteiger partial charge is 0.508 e. The number of rotatable bonds is 4. The third kappa shape index (κ3) is 3.43. The molecule has 2 aromatic carbocycles. The Morgan fingerprint density at radius 3 is 2.57 bits per heavy atom. The summed E-state index contributed by atoms with van der Waals surface area (Å²) in [4.78, 5) is 13.9. The van der Waals surface area contributed by atoms with Crippen LogP contribution in [0.2, 0.25) is 0 Å². The standard InChI is InChI=1S/C19H19NO3/c1-13-5-3-4-6-14(13)11-20(2)12-15-9-19(22)23-18-10-16(21)7-8-17(15)18/h3-10,21H,11-12H2,1-2H3. The van der Waals surface area contributed by atoms with Crippen molar-refractivity contribution in [2.45, 2.75) is 20.0 Å². The predicted molar refractivity (Wildman–Crippen MR) is 90.5 cm³/mol. The lowest BCUT2D eigenvalue weighted by Crippen LogP contribution is -2.19. The molecule has 3 aromatic rings. The highest BCUT2D eigenvalue weighted by Crippen LogP contribution is 2.23. The molecule has 23 heavy (non-hydrogen) atoms. The van der Waals surface area contributed by atoms with E-state index in [0.29, 0.717) is 12.1 Å². The van der Waals surface area contributed by atoms with Crippen molar-refractivity contribution < 1.29 is 9.52 Å². The maximum absolute atomic E-state index is 11.7. The van der Waals surface area contributed by atoms with Gasteiger partial charge in [-0.1, -0.05) is 24.3 Å². The van der Waals surface area contributed by atoms with Crippen LogP contribution in [0, 0.1) is 6.92 Å². The van der Waals surface area contributed by atoms with Crippen LogP contribution in [-0.2, 0) is 13.1 Å². The van der Waals surface area contributed by atoms with Gasteiger partial charge in [-0.3, -0.25) is 4.90 Å². The highest BCUT2D eigenvalue weighted by Gasteiger charge is 2.10. The Balaban J connectivity index is 1.89. The first-order chi connectivity index (χ1) is 11.0. The molecule has 0 fully saturated rings. The summed E-state index contributed by atoms with van der Waals surface area (Å²) < 4.78 is 5.17. The maximum atomic E-state index is 11.7. The Labute approximate surface area is 134 Å². The molecule has 1 aromatic heterocycles. The van der Waals surface area contributed by atoms with Crippen molar-refractivity contribution in [3.05, 3.63) is 75.6 Å². The number of fused-ring (bicyclic) bond motifs is 1. The van der Waals surface area contributed by atoms with Gasteiger partial charge in [0.15, 0.2) is 0 Å². The second-order valence-corrected chi connectivity index (χ2v) is 5.87. The molecule has 0 saturated heterocycles. The minimum Gasteiger partial charge on any atom is -0.508 e. The topological polar surface area (TPSA) is 53.7 Å². The lowest BCUT2D eigenvalue weighted by atomic mass is 10.1. The van der Waals surface area contributed by atoms with Crippen LogP contribution in [0.5, 0.6) is 5.75 Å². The molecule has 0 spiro atoms. The summed E-state index contributed by atoms with van der Waals surface area (Å²) in [5, 5.41) is 10.4. The highest BCUT2D eigenvalue weighted by atomic mass is 16.4. The van der Waals surface area contributed by atoms with Gasteiger partial charge in [-0.05, 0) is 42.8 Å². The van der Waals surface area contributed by atoms with Gasteiger partial charge in [-0.25, -0.2) is 4.79 Å². The molecule has 0 radical (unpaired) electrons. The third-order valence-electron chi connectivity index (χ3n) is 3.96. The van der Waals surface area contributed by atoms with E-state index in [1.54, 1.807) is 12.1 Å². The number of aryl methyl sites for hydroxylation is 1. The molecule has 0 unspecified atom stereocenters. The molecule has 4 heteroatoms. The van der Waals surface area contributed by atoms with Gasteiger partial charge in [0.25, 0.3) is 0 Å². The quantitative estimate of drug-likeness (QED) is 0.750. The second kappa shape index (κ2) is 6.26. The Kier molecular flexibility index (Phi) is 4.17. The van der Waals surface area contributed by atoms with Crippen LogP contribution in [0.1, 0.15) is 16.7 Å². The van der Waals surface area contributed by atoms with E-state index in [1.165, 1.54) is 23.3 Å². The molecule has 118 valence electrons. The van der Waals surface area contributed by atoms with E-state index >= 15 is 0 Å². The summed E-state index contributed by atoms with van der Waals surface area (Å²) in [6.07, 6.45) is 0. The van der Waals surface area contributed by atoms with Gasteiger partial charge in [0.1, 0.15) is 11.3 Å². The summed E-state index contributed by atoms with van der Waals surface area (Å²) in [5.41, 5.74) is 3.42. The molecule has 3 rings (SSSR count). The molecule has 4 nitrogen and oxygen atoms in total. The van der Waals surface area contributed by atoms with Crippen molar-refractivity contribution >= 4 is 11.0 Å². The minimum atomic E-state index is -0.401. The van der Waals surface area contributed by atoms with Crippen molar-refractivity contribution in [1.82, 2.24) is 4.90 Å². The van der Waals surface area contributed by atoms with Crippen LogP contribution in [0.4, 0.5) is 0 Å². The summed E-state index contributed by atoms with van der Waals surface area (Å²) >= 11 is 0. The number of benzene rings is 2. The van der Waals surface area contributed by atoms with Gasteiger partial charge in [-0.2, -0.15) is 0 Å². The fourth-order valence-corrected chi connectivity index (χ4v) is 2.77. The van der Waals surface area contributed by atoms with E-state index in [0.717, 1.165) is 17.5 Å². The first-order valence-corrected chi connectivity index (χ1v) is 7.52. The Hall–Kier alpha value is -2.59. The van der Waals surface area contributed by atoms with E-state index < -0.39 is 5.63 Å². The summed E-state index contributed by atoms with van der Waals surface area (Å²) in [7, 11) is 2.02. The molecule has 0 aliphatic carbocycles. The molecular weight excluding hydrogens is 290 g/mol. The van der Waals surface area contributed by atoms with E-state index in [2.05, 4.69) is 24.0 Å². The summed E-state index contributed by atoms with van der Waals surface area (Å²) in [6.45, 7) is 3.52. The number of aromatic hydroxyl groups is 1. The Bertz CT molecular complexity index is 899. The van der Waals surface area contributed by atoms with Crippen molar-refractivity contribution in [3.8, 4) is 5.75 Å². The zero-order valence-corrected chi connectivity index (χ0v) is 13.2. The van der Waals surface area contributed by atoms with Crippen LogP contribution in [0.3, 0.4) is 0 Å². The number of phenols is 1. The van der Waals surface area contributed by atoms with E-state index in [9.17, 15) is 9.90 Å². The lowest BCUT2D eigenvalue weighted by Gasteiger charge is -2.18. The molecule has 1 N–H and O–H groups in total. The van der Waals surface area contributed by atoms with Crippen LogP contribution >= 0.6 is 0 Å². The normalized spacial score (nSPS) is 11.3. The van der Waals surface area contributed by atoms with Gasteiger partial charge in [0.2, 0.25) is 0 Å². The average molecular weight is 309 g/mol. The smallest absolute Gasteiger partial charge is 0.336 e. The Morgan fingerprint density at radius 2 is 1.78 bits per heavy atom. The van der Waals surface area contributed by atoms with Crippen LogP contribution in [0.15, 0.2) is 57.7 Å². The van der Waals surface area contributed by atoms with Gasteiger partial charge < -0.3 is 9.52 Å². The van der Waals surface area contributed by atoms with Crippen molar-refractivity contribution in [1.29, 1.82) is 0 Å². The second-order valence-electron chi connectivity index (χ2n) is 5.87. The number of phenolic OH excluding ortho intramolecular Hbond substituents is 1. The zero-order chi connectivity index (χ0) is 16.4. The summed E-state index contributed by atoms with van der Waals surface area (Å²) in [5.74, 6) is 0.0889. The number of nitrogens with zero attached hydrogens (tertiary/aromatic N) is 1. The molecule has 0 amide bonds. The Morgan fingerprint density at radius 1 is 1.04 bits per heavy atom. The van der Waals surface area contributed by atoms with Gasteiger partial charge >= 0.3 is 5.63 Å². The monoisotopic (exact) mass is 309 g/mol. The molecule has 0 aliphatic heterocycles. The zero-order valence-electron chi connectivity index (χ0n) is 13.2. The maximum Gasteiger partial charge on any atom is 0.336 e. The molecule has 1 heterocycles. The molecule has 0 bridgehead atoms. The predicted octanol–water partition coefficient (Wildman–Crippen LogP) is 3.44.